The monoisotopic (exact) mass is 319 g/mol. The molecule has 1 amide bonds. The van der Waals surface area contributed by atoms with Gasteiger partial charge in [0.25, 0.3) is 5.91 Å². The maximum Gasteiger partial charge on any atom is 0.326 e. The lowest BCUT2D eigenvalue weighted by atomic mass is 10.2. The molecule has 0 heterocycles. The van der Waals surface area contributed by atoms with Crippen molar-refractivity contribution in [3.8, 4) is 5.75 Å². The fraction of sp³-hybridized carbons (Fsp3) is 0.385. The lowest BCUT2D eigenvalue weighted by molar-refractivity contribution is -0.143. The van der Waals surface area contributed by atoms with Gasteiger partial charge in [0, 0.05) is 5.02 Å². The molecule has 0 bridgehead atoms. The molecule has 1 unspecified atom stereocenters. The van der Waals surface area contributed by atoms with Crippen LogP contribution < -0.4 is 10.1 Å². The fourth-order valence-corrected chi connectivity index (χ4v) is 1.90. The van der Waals surface area contributed by atoms with Crippen molar-refractivity contribution in [2.75, 3.05) is 0 Å². The van der Waals surface area contributed by atoms with Gasteiger partial charge < -0.3 is 15.2 Å². The van der Waals surface area contributed by atoms with Gasteiger partial charge in [0.2, 0.25) is 0 Å². The summed E-state index contributed by atoms with van der Waals surface area (Å²) in [4.78, 5) is 22.7. The number of carbonyl (C=O) groups is 2. The summed E-state index contributed by atoms with van der Waals surface area (Å²) in [5, 5.41) is 12.0. The Bertz CT molecular complexity index is 507. The zero-order chi connectivity index (χ0) is 15.3. The molecule has 1 rings (SSSR count). The van der Waals surface area contributed by atoms with Gasteiger partial charge in [-0.25, -0.2) is 4.79 Å². The SMILES string of the molecule is CC[C@@H](NC(=O)C(C)Oc1ccc(Cl)cc1Cl)C(=O)O. The van der Waals surface area contributed by atoms with Crippen molar-refractivity contribution < 1.29 is 19.4 Å². The van der Waals surface area contributed by atoms with Gasteiger partial charge in [-0.3, -0.25) is 4.79 Å². The molecule has 5 nitrogen and oxygen atoms in total. The topological polar surface area (TPSA) is 75.6 Å². The van der Waals surface area contributed by atoms with Gasteiger partial charge >= 0.3 is 5.97 Å². The van der Waals surface area contributed by atoms with Gasteiger partial charge in [-0.15, -0.1) is 0 Å². The van der Waals surface area contributed by atoms with E-state index in [1.807, 2.05) is 0 Å². The quantitative estimate of drug-likeness (QED) is 0.845. The molecule has 0 fully saturated rings. The number of carboxylic acids is 1. The van der Waals surface area contributed by atoms with E-state index in [0.717, 1.165) is 0 Å². The number of nitrogens with one attached hydrogen (secondary N) is 1. The summed E-state index contributed by atoms with van der Waals surface area (Å²) in [5.41, 5.74) is 0. The number of ether oxygens (including phenoxy) is 1. The van der Waals surface area contributed by atoms with Crippen LogP contribution in [0.3, 0.4) is 0 Å². The van der Waals surface area contributed by atoms with Crippen LogP contribution in [0.25, 0.3) is 0 Å². The second kappa shape index (κ2) is 7.36. The van der Waals surface area contributed by atoms with E-state index in [0.29, 0.717) is 10.8 Å². The molecule has 20 heavy (non-hydrogen) atoms. The number of halogens is 2. The van der Waals surface area contributed by atoms with Crippen LogP contribution in [0.2, 0.25) is 10.0 Å². The van der Waals surface area contributed by atoms with Crippen LogP contribution in [-0.2, 0) is 9.59 Å². The summed E-state index contributed by atoms with van der Waals surface area (Å²) in [7, 11) is 0. The van der Waals surface area contributed by atoms with Crippen molar-refractivity contribution in [1.29, 1.82) is 0 Å². The molecule has 0 aliphatic heterocycles. The average Bonchev–Trinajstić information content (AvgIpc) is 2.38. The van der Waals surface area contributed by atoms with Crippen molar-refractivity contribution in [2.45, 2.75) is 32.4 Å². The second-order valence-electron chi connectivity index (χ2n) is 4.14. The molecular formula is C13H15Cl2NO4. The molecule has 0 aliphatic carbocycles. The minimum Gasteiger partial charge on any atom is -0.480 e. The summed E-state index contributed by atoms with van der Waals surface area (Å²) in [5.74, 6) is -1.30. The standard InChI is InChI=1S/C13H15Cl2NO4/c1-3-10(13(18)19)16-12(17)7(2)20-11-5-4-8(14)6-9(11)15/h4-7,10H,3H2,1-2H3,(H,16,17)(H,18,19)/t7?,10-/m1/s1. The highest BCUT2D eigenvalue weighted by Crippen LogP contribution is 2.28. The smallest absolute Gasteiger partial charge is 0.326 e. The third-order valence-corrected chi connectivity index (χ3v) is 3.12. The summed E-state index contributed by atoms with van der Waals surface area (Å²) >= 11 is 11.7. The molecule has 0 spiro atoms. The molecule has 0 saturated heterocycles. The first-order valence-electron chi connectivity index (χ1n) is 6.00. The Labute approximate surface area is 126 Å². The van der Waals surface area contributed by atoms with Crippen LogP contribution in [-0.4, -0.2) is 29.1 Å². The van der Waals surface area contributed by atoms with Gasteiger partial charge in [-0.1, -0.05) is 30.1 Å². The molecule has 0 aliphatic rings. The van der Waals surface area contributed by atoms with Gasteiger partial charge in [-0.2, -0.15) is 0 Å². The van der Waals surface area contributed by atoms with Crippen LogP contribution in [0, 0.1) is 0 Å². The number of carbonyl (C=O) groups excluding carboxylic acids is 1. The van der Waals surface area contributed by atoms with E-state index in [9.17, 15) is 9.59 Å². The third-order valence-electron chi connectivity index (χ3n) is 2.59. The first-order valence-corrected chi connectivity index (χ1v) is 6.75. The van der Waals surface area contributed by atoms with E-state index in [2.05, 4.69) is 5.32 Å². The van der Waals surface area contributed by atoms with E-state index in [-0.39, 0.29) is 11.4 Å². The van der Waals surface area contributed by atoms with E-state index in [1.165, 1.54) is 13.0 Å². The van der Waals surface area contributed by atoms with Gasteiger partial charge in [0.05, 0.1) is 5.02 Å². The van der Waals surface area contributed by atoms with Crippen LogP contribution >= 0.6 is 23.2 Å². The van der Waals surface area contributed by atoms with Gasteiger partial charge in [-0.05, 0) is 31.5 Å². The highest BCUT2D eigenvalue weighted by atomic mass is 35.5. The minimum atomic E-state index is -1.09. The fourth-order valence-electron chi connectivity index (χ4n) is 1.44. The molecule has 110 valence electrons. The summed E-state index contributed by atoms with van der Waals surface area (Å²) in [6, 6.07) is 3.69. The Morgan fingerprint density at radius 2 is 2.05 bits per heavy atom. The van der Waals surface area contributed by atoms with E-state index >= 15 is 0 Å². The predicted octanol–water partition coefficient (Wildman–Crippen LogP) is 2.74. The number of hydrogen-bond acceptors (Lipinski definition) is 3. The van der Waals surface area contributed by atoms with Crippen molar-refractivity contribution in [3.63, 3.8) is 0 Å². The summed E-state index contributed by atoms with van der Waals surface area (Å²) in [6.07, 6.45) is -0.586. The lowest BCUT2D eigenvalue weighted by Crippen LogP contribution is -2.45. The highest BCUT2D eigenvalue weighted by molar-refractivity contribution is 6.35. The van der Waals surface area contributed by atoms with E-state index in [4.69, 9.17) is 33.0 Å². The van der Waals surface area contributed by atoms with Crippen LogP contribution in [0.4, 0.5) is 0 Å². The summed E-state index contributed by atoms with van der Waals surface area (Å²) in [6.45, 7) is 3.18. The van der Waals surface area contributed by atoms with Gasteiger partial charge in [0.1, 0.15) is 11.8 Å². The zero-order valence-corrected chi connectivity index (χ0v) is 12.5. The van der Waals surface area contributed by atoms with Crippen LogP contribution in [0.1, 0.15) is 20.3 Å². The van der Waals surface area contributed by atoms with Crippen molar-refractivity contribution in [2.24, 2.45) is 0 Å². The molecule has 1 aromatic carbocycles. The maximum atomic E-state index is 11.8. The molecule has 1 aromatic rings. The minimum absolute atomic E-state index is 0.280. The molecule has 7 heteroatoms. The Morgan fingerprint density at radius 1 is 1.40 bits per heavy atom. The normalized spacial score (nSPS) is 13.4. The van der Waals surface area contributed by atoms with Crippen LogP contribution in [0.5, 0.6) is 5.75 Å². The molecule has 0 saturated carbocycles. The van der Waals surface area contributed by atoms with Crippen molar-refractivity contribution >= 4 is 35.1 Å². The summed E-state index contributed by atoms with van der Waals surface area (Å²) < 4.78 is 5.39. The maximum absolute atomic E-state index is 11.8. The Hall–Kier alpha value is -1.46. The van der Waals surface area contributed by atoms with E-state index in [1.54, 1.807) is 19.1 Å². The highest BCUT2D eigenvalue weighted by Gasteiger charge is 2.22. The first-order chi connectivity index (χ1) is 9.35. The third kappa shape index (κ3) is 4.58. The molecular weight excluding hydrogens is 305 g/mol. The molecule has 2 atom stereocenters. The first kappa shape index (κ1) is 16.6. The van der Waals surface area contributed by atoms with Crippen molar-refractivity contribution in [3.05, 3.63) is 28.2 Å². The largest absolute Gasteiger partial charge is 0.480 e. The number of hydrogen-bond donors (Lipinski definition) is 2. The van der Waals surface area contributed by atoms with E-state index < -0.39 is 24.0 Å². The number of aliphatic carboxylic acids is 1. The second-order valence-corrected chi connectivity index (χ2v) is 4.99. The number of benzene rings is 1. The Kier molecular flexibility index (Phi) is 6.10. The number of rotatable bonds is 6. The average molecular weight is 320 g/mol. The van der Waals surface area contributed by atoms with Gasteiger partial charge in [0.15, 0.2) is 6.10 Å². The number of amides is 1. The lowest BCUT2D eigenvalue weighted by Gasteiger charge is -2.18. The molecule has 0 aromatic heterocycles. The zero-order valence-electron chi connectivity index (χ0n) is 11.0. The van der Waals surface area contributed by atoms with Crippen molar-refractivity contribution in [1.82, 2.24) is 5.32 Å². The Balaban J connectivity index is 2.68. The Morgan fingerprint density at radius 3 is 2.55 bits per heavy atom. The molecule has 2 N–H and O–H groups in total. The van der Waals surface area contributed by atoms with Crippen LogP contribution in [0.15, 0.2) is 18.2 Å². The predicted molar refractivity (Wildman–Crippen MR) is 76.4 cm³/mol. The molecule has 0 radical (unpaired) electrons. The number of carboxylic acid groups (broad SMARTS) is 1.